The van der Waals surface area contributed by atoms with E-state index < -0.39 is 17.7 Å². The highest BCUT2D eigenvalue weighted by Crippen LogP contribution is 2.42. The number of fused-ring (bicyclic) bond motifs is 1. The maximum Gasteiger partial charge on any atom is 0.290 e. The second-order valence-corrected chi connectivity index (χ2v) is 7.44. The van der Waals surface area contributed by atoms with Crippen LogP contribution in [0.2, 0.25) is 0 Å². The first-order chi connectivity index (χ1) is 15.0. The number of Topliss-reactive ketones (excluding diaryl/α,β-unsaturated/α-hetero) is 1. The molecule has 0 spiro atoms. The SMILES string of the molecule is COc1ccc(OC)c([C@@H]2C(C(C)=O)=C(O)C(=O)N2CCc2c[nH]c3ccccc23)c1. The predicted octanol–water partition coefficient (Wildman–Crippen LogP) is 3.71. The molecule has 2 N–H and O–H groups in total. The number of nitrogens with zero attached hydrogens (tertiary/aromatic N) is 1. The van der Waals surface area contributed by atoms with Gasteiger partial charge in [0.1, 0.15) is 11.5 Å². The molecule has 0 radical (unpaired) electrons. The third kappa shape index (κ3) is 3.52. The summed E-state index contributed by atoms with van der Waals surface area (Å²) in [6.45, 7) is 1.66. The molecular formula is C24H24N2O5. The highest BCUT2D eigenvalue weighted by molar-refractivity contribution is 6.08. The largest absolute Gasteiger partial charge is 0.503 e. The van der Waals surface area contributed by atoms with Gasteiger partial charge in [-0.15, -0.1) is 0 Å². The van der Waals surface area contributed by atoms with Crippen LogP contribution in [0.5, 0.6) is 11.5 Å². The highest BCUT2D eigenvalue weighted by atomic mass is 16.5. The number of hydrogen-bond acceptors (Lipinski definition) is 5. The molecule has 0 saturated heterocycles. The smallest absolute Gasteiger partial charge is 0.290 e. The van der Waals surface area contributed by atoms with Crippen molar-refractivity contribution in [3.8, 4) is 11.5 Å². The van der Waals surface area contributed by atoms with Crippen LogP contribution < -0.4 is 9.47 Å². The molecule has 4 rings (SSSR count). The number of aromatic amines is 1. The number of nitrogens with one attached hydrogen (secondary N) is 1. The number of aromatic nitrogens is 1. The van der Waals surface area contributed by atoms with Crippen LogP contribution in [0.4, 0.5) is 0 Å². The fraction of sp³-hybridized carbons (Fsp3) is 0.250. The maximum absolute atomic E-state index is 13.0. The van der Waals surface area contributed by atoms with E-state index >= 15 is 0 Å². The number of hydrogen-bond donors (Lipinski definition) is 2. The molecule has 2 aromatic carbocycles. The van der Waals surface area contributed by atoms with Crippen LogP contribution in [0.25, 0.3) is 10.9 Å². The molecule has 0 bridgehead atoms. The van der Waals surface area contributed by atoms with Gasteiger partial charge in [0.15, 0.2) is 11.5 Å². The van der Waals surface area contributed by atoms with Crippen LogP contribution in [0.1, 0.15) is 24.1 Å². The number of ketones is 1. The minimum atomic E-state index is -0.764. The second-order valence-electron chi connectivity index (χ2n) is 7.44. The van der Waals surface area contributed by atoms with Crippen molar-refractivity contribution in [3.05, 3.63) is 71.1 Å². The summed E-state index contributed by atoms with van der Waals surface area (Å²) in [6, 6.07) is 12.4. The number of amides is 1. The van der Waals surface area contributed by atoms with Crippen LogP contribution >= 0.6 is 0 Å². The number of ether oxygens (including phenoxy) is 2. The molecule has 0 aliphatic carbocycles. The topological polar surface area (TPSA) is 91.9 Å². The van der Waals surface area contributed by atoms with Gasteiger partial charge >= 0.3 is 0 Å². The summed E-state index contributed by atoms with van der Waals surface area (Å²) in [5, 5.41) is 11.6. The van der Waals surface area contributed by atoms with E-state index in [9.17, 15) is 14.7 Å². The number of para-hydroxylation sites is 1. The molecular weight excluding hydrogens is 396 g/mol. The van der Waals surface area contributed by atoms with Crippen LogP contribution in [-0.2, 0) is 16.0 Å². The Morgan fingerprint density at radius 3 is 2.65 bits per heavy atom. The maximum atomic E-state index is 13.0. The van der Waals surface area contributed by atoms with Gasteiger partial charge in [-0.25, -0.2) is 0 Å². The van der Waals surface area contributed by atoms with Gasteiger partial charge in [0, 0.05) is 29.2 Å². The fourth-order valence-electron chi connectivity index (χ4n) is 4.20. The zero-order valence-corrected chi connectivity index (χ0v) is 17.6. The monoisotopic (exact) mass is 420 g/mol. The Morgan fingerprint density at radius 1 is 1.16 bits per heavy atom. The van der Waals surface area contributed by atoms with Gasteiger partial charge in [-0.05, 0) is 43.2 Å². The van der Waals surface area contributed by atoms with Gasteiger partial charge in [0.25, 0.3) is 5.91 Å². The lowest BCUT2D eigenvalue weighted by atomic mass is 9.95. The fourth-order valence-corrected chi connectivity index (χ4v) is 4.20. The lowest BCUT2D eigenvalue weighted by Gasteiger charge is -2.28. The quantitative estimate of drug-likeness (QED) is 0.608. The molecule has 1 aromatic heterocycles. The average molecular weight is 420 g/mol. The molecule has 7 nitrogen and oxygen atoms in total. The van der Waals surface area contributed by atoms with E-state index in [1.807, 2.05) is 30.5 Å². The number of rotatable bonds is 7. The molecule has 1 amide bonds. The lowest BCUT2D eigenvalue weighted by molar-refractivity contribution is -0.129. The van der Waals surface area contributed by atoms with E-state index in [2.05, 4.69) is 4.98 Å². The number of benzene rings is 2. The van der Waals surface area contributed by atoms with Crippen LogP contribution in [0, 0.1) is 0 Å². The van der Waals surface area contributed by atoms with E-state index in [4.69, 9.17) is 9.47 Å². The molecule has 0 saturated carbocycles. The van der Waals surface area contributed by atoms with E-state index in [-0.39, 0.29) is 11.4 Å². The van der Waals surface area contributed by atoms with Crippen LogP contribution in [0.3, 0.4) is 0 Å². The van der Waals surface area contributed by atoms with E-state index in [1.165, 1.54) is 18.9 Å². The number of carbonyl (C=O) groups is 2. The summed E-state index contributed by atoms with van der Waals surface area (Å²) >= 11 is 0. The minimum Gasteiger partial charge on any atom is -0.503 e. The first kappa shape index (κ1) is 20.5. The zero-order chi connectivity index (χ0) is 22.1. The Morgan fingerprint density at radius 2 is 1.94 bits per heavy atom. The summed E-state index contributed by atoms with van der Waals surface area (Å²) < 4.78 is 10.8. The molecule has 160 valence electrons. The average Bonchev–Trinajstić information content (AvgIpc) is 3.30. The summed E-state index contributed by atoms with van der Waals surface area (Å²) in [5.74, 6) is -0.380. The predicted molar refractivity (Wildman–Crippen MR) is 116 cm³/mol. The Labute approximate surface area is 179 Å². The van der Waals surface area contributed by atoms with Gasteiger partial charge in [-0.1, -0.05) is 18.2 Å². The molecule has 7 heteroatoms. The second kappa shape index (κ2) is 8.18. The molecule has 1 aliphatic heterocycles. The normalized spacial score (nSPS) is 16.3. The van der Waals surface area contributed by atoms with Gasteiger partial charge in [-0.3, -0.25) is 9.59 Å². The Hall–Kier alpha value is -3.74. The van der Waals surface area contributed by atoms with E-state index in [0.717, 1.165) is 16.5 Å². The van der Waals surface area contributed by atoms with Gasteiger partial charge in [-0.2, -0.15) is 0 Å². The summed E-state index contributed by atoms with van der Waals surface area (Å²) in [5.41, 5.74) is 2.72. The van der Waals surface area contributed by atoms with Crippen molar-refractivity contribution < 1.29 is 24.2 Å². The number of carbonyl (C=O) groups excluding carboxylic acids is 2. The number of aliphatic hydroxyl groups is 1. The Kier molecular flexibility index (Phi) is 5.42. The highest BCUT2D eigenvalue weighted by Gasteiger charge is 2.43. The molecule has 3 aromatic rings. The third-order valence-electron chi connectivity index (χ3n) is 5.71. The molecule has 1 atom stereocenters. The van der Waals surface area contributed by atoms with Crippen LogP contribution in [-0.4, -0.2) is 47.4 Å². The van der Waals surface area contributed by atoms with Gasteiger partial charge in [0.2, 0.25) is 0 Å². The summed E-state index contributed by atoms with van der Waals surface area (Å²) in [6.07, 6.45) is 2.47. The van der Waals surface area contributed by atoms with Crippen molar-refractivity contribution in [1.29, 1.82) is 0 Å². The lowest BCUT2D eigenvalue weighted by Crippen LogP contribution is -2.33. The first-order valence-electron chi connectivity index (χ1n) is 9.98. The number of H-pyrrole nitrogens is 1. The summed E-state index contributed by atoms with van der Waals surface area (Å²) in [7, 11) is 3.06. The van der Waals surface area contributed by atoms with Crippen LogP contribution in [0.15, 0.2) is 60.0 Å². The first-order valence-corrected chi connectivity index (χ1v) is 9.98. The number of aliphatic hydroxyl groups excluding tert-OH is 1. The molecule has 31 heavy (non-hydrogen) atoms. The standard InChI is InChI=1S/C24H24N2O5/c1-14(27)21-22(18-12-16(30-2)8-9-20(18)31-3)26(24(29)23(21)28)11-10-15-13-25-19-7-5-4-6-17(15)19/h4-9,12-13,22,25,28H,10-11H2,1-3H3/t22-/m1/s1. The Balaban J connectivity index is 1.74. The molecule has 0 fully saturated rings. The zero-order valence-electron chi connectivity index (χ0n) is 17.6. The van der Waals surface area contributed by atoms with Crippen molar-refractivity contribution in [2.24, 2.45) is 0 Å². The van der Waals surface area contributed by atoms with Crippen molar-refractivity contribution >= 4 is 22.6 Å². The summed E-state index contributed by atoms with van der Waals surface area (Å²) in [4.78, 5) is 30.1. The minimum absolute atomic E-state index is 0.0653. The Bertz CT molecular complexity index is 1190. The molecule has 0 unspecified atom stereocenters. The van der Waals surface area contributed by atoms with Crippen molar-refractivity contribution in [3.63, 3.8) is 0 Å². The van der Waals surface area contributed by atoms with Crippen molar-refractivity contribution in [1.82, 2.24) is 9.88 Å². The van der Waals surface area contributed by atoms with E-state index in [0.29, 0.717) is 30.0 Å². The van der Waals surface area contributed by atoms with Crippen molar-refractivity contribution in [2.75, 3.05) is 20.8 Å². The number of methoxy groups -OCH3 is 2. The van der Waals surface area contributed by atoms with E-state index in [1.54, 1.807) is 25.3 Å². The molecule has 2 heterocycles. The van der Waals surface area contributed by atoms with Crippen molar-refractivity contribution in [2.45, 2.75) is 19.4 Å². The van der Waals surface area contributed by atoms with Gasteiger partial charge in [0.05, 0.1) is 25.8 Å². The molecule has 1 aliphatic rings. The third-order valence-corrected chi connectivity index (χ3v) is 5.71. The van der Waals surface area contributed by atoms with Gasteiger partial charge < -0.3 is 24.5 Å².